The number of nitrogens with one attached hydrogen (secondary N) is 3. The Morgan fingerprint density at radius 1 is 1.07 bits per heavy atom. The van der Waals surface area contributed by atoms with Crippen molar-refractivity contribution in [2.45, 2.75) is 12.8 Å². The molecule has 0 aliphatic heterocycles. The Balaban J connectivity index is 1.38. The van der Waals surface area contributed by atoms with E-state index in [4.69, 9.17) is 4.74 Å². The number of anilines is 1. The monoisotopic (exact) mass is 384 g/mol. The molecule has 0 radical (unpaired) electrons. The summed E-state index contributed by atoms with van der Waals surface area (Å²) in [6.45, 7) is 0. The first kappa shape index (κ1) is 17.3. The van der Waals surface area contributed by atoms with Gasteiger partial charge in [-0.25, -0.2) is 0 Å². The number of hydrogen-bond acceptors (Lipinski definition) is 3. The first-order chi connectivity index (χ1) is 14.2. The molecular formula is C23H20N4O2. The Hall–Kier alpha value is -3.80. The van der Waals surface area contributed by atoms with Crippen LogP contribution in [-0.4, -0.2) is 28.2 Å². The van der Waals surface area contributed by atoms with Crippen LogP contribution in [0.4, 0.5) is 5.69 Å². The predicted molar refractivity (Wildman–Crippen MR) is 115 cm³/mol. The minimum atomic E-state index is -0.0222. The zero-order chi connectivity index (χ0) is 19.8. The summed E-state index contributed by atoms with van der Waals surface area (Å²) in [5.41, 5.74) is 4.85. The van der Waals surface area contributed by atoms with Gasteiger partial charge in [0.05, 0.1) is 24.3 Å². The molecule has 0 unspecified atom stereocenters. The fourth-order valence-electron chi connectivity index (χ4n) is 3.84. The number of nitrogens with zero attached hydrogens (tertiary/aromatic N) is 1. The lowest BCUT2D eigenvalue weighted by atomic mass is 10.1. The molecule has 5 rings (SSSR count). The molecule has 1 amide bonds. The fraction of sp³-hybridized carbons (Fsp3) is 0.130. The Labute approximate surface area is 166 Å². The molecule has 6 nitrogen and oxygen atoms in total. The van der Waals surface area contributed by atoms with Crippen LogP contribution in [0.3, 0.4) is 0 Å². The van der Waals surface area contributed by atoms with Gasteiger partial charge in [0.15, 0.2) is 0 Å². The van der Waals surface area contributed by atoms with Crippen molar-refractivity contribution in [3.63, 3.8) is 0 Å². The van der Waals surface area contributed by atoms with Crippen molar-refractivity contribution in [2.24, 2.45) is 0 Å². The summed E-state index contributed by atoms with van der Waals surface area (Å²) < 4.78 is 5.36. The van der Waals surface area contributed by atoms with Gasteiger partial charge in [-0.15, -0.1) is 0 Å². The van der Waals surface area contributed by atoms with Crippen LogP contribution in [0.2, 0.25) is 0 Å². The van der Waals surface area contributed by atoms with Crippen molar-refractivity contribution in [3.8, 4) is 5.75 Å². The van der Waals surface area contributed by atoms with Gasteiger partial charge in [-0.3, -0.25) is 9.89 Å². The standard InChI is InChI=1S/C23H20N4O2/c1-29-20-5-3-2-4-14(20)7-11-21(28)25-16-8-10-19-18(12-16)17-9-6-15-13-24-27-22(15)23(17)26-19/h2-6,8-10,12-13,26H,7,11H2,1H3,(H,24,27)(H,25,28). The van der Waals surface area contributed by atoms with Gasteiger partial charge in [0.25, 0.3) is 0 Å². The molecule has 0 atom stereocenters. The second kappa shape index (κ2) is 6.98. The number of para-hydroxylation sites is 1. The van der Waals surface area contributed by atoms with E-state index in [1.165, 1.54) is 0 Å². The van der Waals surface area contributed by atoms with Gasteiger partial charge < -0.3 is 15.0 Å². The fourth-order valence-corrected chi connectivity index (χ4v) is 3.84. The van der Waals surface area contributed by atoms with Gasteiger partial charge >= 0.3 is 0 Å². The number of hydrogen-bond donors (Lipinski definition) is 3. The topological polar surface area (TPSA) is 82.8 Å². The smallest absolute Gasteiger partial charge is 0.224 e. The van der Waals surface area contributed by atoms with Crippen molar-refractivity contribution in [1.29, 1.82) is 0 Å². The number of carbonyl (C=O) groups is 1. The van der Waals surface area contributed by atoms with Crippen LogP contribution in [0.15, 0.2) is 60.8 Å². The number of aromatic nitrogens is 3. The molecule has 5 aromatic rings. The number of ether oxygens (including phenoxy) is 1. The minimum Gasteiger partial charge on any atom is -0.496 e. The molecule has 144 valence electrons. The number of amides is 1. The van der Waals surface area contributed by atoms with Crippen LogP contribution in [0.25, 0.3) is 32.7 Å². The first-order valence-corrected chi connectivity index (χ1v) is 9.52. The molecule has 3 N–H and O–H groups in total. The normalized spacial score (nSPS) is 11.3. The van der Waals surface area contributed by atoms with Crippen molar-refractivity contribution in [1.82, 2.24) is 15.2 Å². The summed E-state index contributed by atoms with van der Waals surface area (Å²) in [4.78, 5) is 15.9. The maximum atomic E-state index is 12.5. The molecule has 0 spiro atoms. The maximum absolute atomic E-state index is 12.5. The number of H-pyrrole nitrogens is 2. The zero-order valence-corrected chi connectivity index (χ0v) is 16.0. The van der Waals surface area contributed by atoms with E-state index in [-0.39, 0.29) is 5.91 Å². The van der Waals surface area contributed by atoms with Crippen LogP contribution in [-0.2, 0) is 11.2 Å². The van der Waals surface area contributed by atoms with Crippen molar-refractivity contribution < 1.29 is 9.53 Å². The summed E-state index contributed by atoms with van der Waals surface area (Å²) in [5, 5.41) is 13.4. The lowest BCUT2D eigenvalue weighted by molar-refractivity contribution is -0.116. The molecule has 3 aromatic carbocycles. The van der Waals surface area contributed by atoms with E-state index in [2.05, 4.69) is 26.6 Å². The summed E-state index contributed by atoms with van der Waals surface area (Å²) >= 11 is 0. The van der Waals surface area contributed by atoms with E-state index >= 15 is 0 Å². The summed E-state index contributed by atoms with van der Waals surface area (Å²) in [5.74, 6) is 0.789. The number of aromatic amines is 2. The van der Waals surface area contributed by atoms with Gasteiger partial charge in [0.2, 0.25) is 5.91 Å². The average Bonchev–Trinajstić information content (AvgIpc) is 3.36. The molecule has 0 aliphatic rings. The van der Waals surface area contributed by atoms with E-state index in [0.29, 0.717) is 12.8 Å². The van der Waals surface area contributed by atoms with Crippen molar-refractivity contribution >= 4 is 44.3 Å². The minimum absolute atomic E-state index is 0.0222. The Bertz CT molecular complexity index is 1350. The zero-order valence-electron chi connectivity index (χ0n) is 16.0. The third-order valence-corrected chi connectivity index (χ3v) is 5.28. The molecule has 6 heteroatoms. The molecule has 0 fully saturated rings. The second-order valence-electron chi connectivity index (χ2n) is 7.07. The Morgan fingerprint density at radius 2 is 1.97 bits per heavy atom. The second-order valence-corrected chi connectivity index (χ2v) is 7.07. The van der Waals surface area contributed by atoms with Gasteiger partial charge in [-0.1, -0.05) is 30.3 Å². The third-order valence-electron chi connectivity index (χ3n) is 5.28. The molecular weight excluding hydrogens is 364 g/mol. The van der Waals surface area contributed by atoms with Gasteiger partial charge in [0.1, 0.15) is 5.75 Å². The van der Waals surface area contributed by atoms with Crippen molar-refractivity contribution in [2.75, 3.05) is 12.4 Å². The first-order valence-electron chi connectivity index (χ1n) is 9.52. The number of benzene rings is 3. The van der Waals surface area contributed by atoms with Crippen LogP contribution >= 0.6 is 0 Å². The predicted octanol–water partition coefficient (Wildman–Crippen LogP) is 4.78. The Morgan fingerprint density at radius 3 is 2.86 bits per heavy atom. The number of methoxy groups -OCH3 is 1. The Kier molecular flexibility index (Phi) is 4.17. The summed E-state index contributed by atoms with van der Waals surface area (Å²) in [6, 6.07) is 17.8. The van der Waals surface area contributed by atoms with Gasteiger partial charge in [-0.05, 0) is 36.2 Å². The number of carbonyl (C=O) groups excluding carboxylic acids is 1. The van der Waals surface area contributed by atoms with E-state index in [1.807, 2.05) is 54.7 Å². The molecule has 2 aromatic heterocycles. The van der Waals surface area contributed by atoms with Crippen molar-refractivity contribution in [3.05, 3.63) is 66.4 Å². The van der Waals surface area contributed by atoms with Gasteiger partial charge in [-0.2, -0.15) is 5.10 Å². The molecule has 0 saturated heterocycles. The van der Waals surface area contributed by atoms with E-state index in [1.54, 1.807) is 7.11 Å². The highest BCUT2D eigenvalue weighted by molar-refractivity contribution is 6.16. The quantitative estimate of drug-likeness (QED) is 0.408. The molecule has 29 heavy (non-hydrogen) atoms. The van der Waals surface area contributed by atoms with Crippen LogP contribution in [0.5, 0.6) is 5.75 Å². The molecule has 2 heterocycles. The van der Waals surface area contributed by atoms with Gasteiger partial charge in [0, 0.05) is 33.8 Å². The maximum Gasteiger partial charge on any atom is 0.224 e. The molecule has 0 saturated carbocycles. The van der Waals surface area contributed by atoms with Crippen LogP contribution in [0.1, 0.15) is 12.0 Å². The molecule has 0 aliphatic carbocycles. The lowest BCUT2D eigenvalue weighted by Gasteiger charge is -2.09. The average molecular weight is 384 g/mol. The summed E-state index contributed by atoms with van der Waals surface area (Å²) in [6.07, 6.45) is 2.83. The number of fused-ring (bicyclic) bond motifs is 5. The van der Waals surface area contributed by atoms with Crippen LogP contribution < -0.4 is 10.1 Å². The highest BCUT2D eigenvalue weighted by Gasteiger charge is 2.11. The summed E-state index contributed by atoms with van der Waals surface area (Å²) in [7, 11) is 1.65. The number of aryl methyl sites for hydroxylation is 1. The number of rotatable bonds is 5. The SMILES string of the molecule is COc1ccccc1CCC(=O)Nc1ccc2[nH]c3c(ccc4cn[nH]c43)c2c1. The molecule has 0 bridgehead atoms. The van der Waals surface area contributed by atoms with E-state index < -0.39 is 0 Å². The highest BCUT2D eigenvalue weighted by atomic mass is 16.5. The van der Waals surface area contributed by atoms with E-state index in [9.17, 15) is 4.79 Å². The van der Waals surface area contributed by atoms with Crippen LogP contribution in [0, 0.1) is 0 Å². The third kappa shape index (κ3) is 3.08. The highest BCUT2D eigenvalue weighted by Crippen LogP contribution is 2.31. The lowest BCUT2D eigenvalue weighted by Crippen LogP contribution is -2.12. The van der Waals surface area contributed by atoms with E-state index in [0.717, 1.165) is 49.7 Å². The largest absolute Gasteiger partial charge is 0.496 e.